The Hall–Kier alpha value is -1.68. The van der Waals surface area contributed by atoms with Crippen molar-refractivity contribution in [2.75, 3.05) is 7.05 Å². The lowest BCUT2D eigenvalue weighted by molar-refractivity contribution is 0.306. The molecule has 0 spiro atoms. The van der Waals surface area contributed by atoms with Crippen LogP contribution >= 0.6 is 0 Å². The number of hydrogen-bond donors (Lipinski definition) is 0. The zero-order valence-electron chi connectivity index (χ0n) is 10.6. The van der Waals surface area contributed by atoms with Gasteiger partial charge in [-0.05, 0) is 19.5 Å². The molecule has 0 saturated carbocycles. The number of rotatable bonds is 4. The number of hydrogen-bond acceptors (Lipinski definition) is 3. The third kappa shape index (κ3) is 2.91. The third-order valence-corrected chi connectivity index (χ3v) is 2.89. The van der Waals surface area contributed by atoms with Gasteiger partial charge in [0, 0.05) is 13.6 Å². The summed E-state index contributed by atoms with van der Waals surface area (Å²) in [6, 6.07) is 10.4. The molecule has 0 fully saturated rings. The van der Waals surface area contributed by atoms with E-state index in [1.807, 2.05) is 24.6 Å². The molecule has 1 aromatic carbocycles. The minimum Gasteiger partial charge on any atom is -0.317 e. The molecule has 1 aromatic heterocycles. The van der Waals surface area contributed by atoms with Crippen LogP contribution < -0.4 is 0 Å². The standard InChI is InChI=1S/C13H18N4/c1-11-14-15-13(17(11)3)10-16(2)9-12-7-5-4-6-8-12/h4-8H,9-10H2,1-3H3. The van der Waals surface area contributed by atoms with Crippen molar-refractivity contribution in [1.29, 1.82) is 0 Å². The monoisotopic (exact) mass is 230 g/mol. The molecular formula is C13H18N4. The fraction of sp³-hybridized carbons (Fsp3) is 0.385. The lowest BCUT2D eigenvalue weighted by atomic mass is 10.2. The Morgan fingerprint density at radius 2 is 1.82 bits per heavy atom. The number of aryl methyl sites for hydroxylation is 1. The Bertz CT molecular complexity index is 475. The average Bonchev–Trinajstić information content (AvgIpc) is 2.62. The summed E-state index contributed by atoms with van der Waals surface area (Å²) in [5, 5.41) is 8.23. The van der Waals surface area contributed by atoms with E-state index in [0.29, 0.717) is 0 Å². The number of nitrogens with zero attached hydrogens (tertiary/aromatic N) is 4. The predicted molar refractivity (Wildman–Crippen MR) is 67.4 cm³/mol. The fourth-order valence-electron chi connectivity index (χ4n) is 1.78. The van der Waals surface area contributed by atoms with Gasteiger partial charge in [-0.2, -0.15) is 0 Å². The average molecular weight is 230 g/mol. The Morgan fingerprint density at radius 3 is 2.41 bits per heavy atom. The van der Waals surface area contributed by atoms with E-state index < -0.39 is 0 Å². The molecule has 4 nitrogen and oxygen atoms in total. The normalized spacial score (nSPS) is 11.1. The molecule has 0 aliphatic heterocycles. The number of benzene rings is 1. The molecule has 0 N–H and O–H groups in total. The van der Waals surface area contributed by atoms with Crippen LogP contribution in [0.2, 0.25) is 0 Å². The summed E-state index contributed by atoms with van der Waals surface area (Å²) in [6.45, 7) is 3.70. The summed E-state index contributed by atoms with van der Waals surface area (Å²) in [5.74, 6) is 1.95. The zero-order chi connectivity index (χ0) is 12.3. The van der Waals surface area contributed by atoms with E-state index in [0.717, 1.165) is 24.7 Å². The van der Waals surface area contributed by atoms with Crippen LogP contribution in [0.25, 0.3) is 0 Å². The summed E-state index contributed by atoms with van der Waals surface area (Å²) in [4.78, 5) is 2.23. The van der Waals surface area contributed by atoms with Gasteiger partial charge in [0.15, 0.2) is 0 Å². The fourth-order valence-corrected chi connectivity index (χ4v) is 1.78. The highest BCUT2D eigenvalue weighted by atomic mass is 15.3. The van der Waals surface area contributed by atoms with Gasteiger partial charge in [-0.25, -0.2) is 0 Å². The van der Waals surface area contributed by atoms with E-state index in [2.05, 4.69) is 46.4 Å². The quantitative estimate of drug-likeness (QED) is 0.802. The molecule has 90 valence electrons. The van der Waals surface area contributed by atoms with Gasteiger partial charge in [-0.3, -0.25) is 4.90 Å². The summed E-state index contributed by atoms with van der Waals surface area (Å²) in [7, 11) is 4.10. The van der Waals surface area contributed by atoms with Gasteiger partial charge < -0.3 is 4.57 Å². The maximum absolute atomic E-state index is 4.17. The molecule has 0 aliphatic carbocycles. The van der Waals surface area contributed by atoms with Crippen LogP contribution in [-0.2, 0) is 20.1 Å². The molecule has 0 radical (unpaired) electrons. The predicted octanol–water partition coefficient (Wildman–Crippen LogP) is 1.76. The topological polar surface area (TPSA) is 34.0 Å². The van der Waals surface area contributed by atoms with Gasteiger partial charge in [-0.15, -0.1) is 10.2 Å². The van der Waals surface area contributed by atoms with Gasteiger partial charge in [-0.1, -0.05) is 30.3 Å². The van der Waals surface area contributed by atoms with Gasteiger partial charge in [0.1, 0.15) is 11.6 Å². The molecule has 0 unspecified atom stereocenters. The molecular weight excluding hydrogens is 212 g/mol. The first-order valence-electron chi connectivity index (χ1n) is 5.74. The first-order chi connectivity index (χ1) is 8.16. The van der Waals surface area contributed by atoms with Crippen LogP contribution in [0.5, 0.6) is 0 Å². The zero-order valence-corrected chi connectivity index (χ0v) is 10.6. The molecule has 0 aliphatic rings. The SMILES string of the molecule is Cc1nnc(CN(C)Cc2ccccc2)n1C. The van der Waals surface area contributed by atoms with E-state index in [9.17, 15) is 0 Å². The van der Waals surface area contributed by atoms with Crippen LogP contribution in [0.1, 0.15) is 17.2 Å². The lowest BCUT2D eigenvalue weighted by Crippen LogP contribution is -2.19. The second-order valence-corrected chi connectivity index (χ2v) is 4.38. The molecule has 0 saturated heterocycles. The van der Waals surface area contributed by atoms with Crippen LogP contribution in [0, 0.1) is 6.92 Å². The number of aromatic nitrogens is 3. The summed E-state index contributed by atoms with van der Waals surface area (Å²) in [6.07, 6.45) is 0. The molecule has 0 bridgehead atoms. The molecule has 2 rings (SSSR count). The maximum Gasteiger partial charge on any atom is 0.146 e. The van der Waals surface area contributed by atoms with Crippen molar-refractivity contribution in [3.63, 3.8) is 0 Å². The third-order valence-electron chi connectivity index (χ3n) is 2.89. The summed E-state index contributed by atoms with van der Waals surface area (Å²) >= 11 is 0. The summed E-state index contributed by atoms with van der Waals surface area (Å²) in [5.41, 5.74) is 1.31. The van der Waals surface area contributed by atoms with E-state index in [1.54, 1.807) is 0 Å². The van der Waals surface area contributed by atoms with Crippen LogP contribution in [0.15, 0.2) is 30.3 Å². The van der Waals surface area contributed by atoms with Crippen molar-refractivity contribution in [2.45, 2.75) is 20.0 Å². The largest absolute Gasteiger partial charge is 0.317 e. The highest BCUT2D eigenvalue weighted by Crippen LogP contribution is 2.06. The molecule has 17 heavy (non-hydrogen) atoms. The van der Waals surface area contributed by atoms with Crippen LogP contribution in [0.3, 0.4) is 0 Å². The first-order valence-corrected chi connectivity index (χ1v) is 5.74. The van der Waals surface area contributed by atoms with E-state index in [-0.39, 0.29) is 0 Å². The minimum atomic E-state index is 0.812. The van der Waals surface area contributed by atoms with Crippen molar-refractivity contribution in [3.05, 3.63) is 47.5 Å². The molecule has 0 atom stereocenters. The van der Waals surface area contributed by atoms with Crippen molar-refractivity contribution in [1.82, 2.24) is 19.7 Å². The minimum absolute atomic E-state index is 0.812. The van der Waals surface area contributed by atoms with Gasteiger partial charge in [0.25, 0.3) is 0 Å². The Balaban J connectivity index is 1.98. The van der Waals surface area contributed by atoms with Gasteiger partial charge in [0.05, 0.1) is 6.54 Å². The molecule has 1 heterocycles. The van der Waals surface area contributed by atoms with Gasteiger partial charge >= 0.3 is 0 Å². The van der Waals surface area contributed by atoms with Gasteiger partial charge in [0.2, 0.25) is 0 Å². The van der Waals surface area contributed by atoms with Crippen LogP contribution in [-0.4, -0.2) is 26.7 Å². The Kier molecular flexibility index (Phi) is 3.54. The van der Waals surface area contributed by atoms with E-state index in [1.165, 1.54) is 5.56 Å². The van der Waals surface area contributed by atoms with E-state index >= 15 is 0 Å². The lowest BCUT2D eigenvalue weighted by Gasteiger charge is -2.15. The Labute approximate surface area is 102 Å². The van der Waals surface area contributed by atoms with Crippen LogP contribution in [0.4, 0.5) is 0 Å². The second-order valence-electron chi connectivity index (χ2n) is 4.38. The summed E-state index contributed by atoms with van der Waals surface area (Å²) < 4.78 is 2.03. The smallest absolute Gasteiger partial charge is 0.146 e. The molecule has 4 heteroatoms. The highest BCUT2D eigenvalue weighted by Gasteiger charge is 2.08. The first kappa shape index (κ1) is 11.8. The van der Waals surface area contributed by atoms with E-state index in [4.69, 9.17) is 0 Å². The van der Waals surface area contributed by atoms with Crippen molar-refractivity contribution in [2.24, 2.45) is 7.05 Å². The Morgan fingerprint density at radius 1 is 1.12 bits per heavy atom. The van der Waals surface area contributed by atoms with Crippen molar-refractivity contribution < 1.29 is 0 Å². The van der Waals surface area contributed by atoms with Crippen molar-refractivity contribution >= 4 is 0 Å². The maximum atomic E-state index is 4.17. The van der Waals surface area contributed by atoms with Crippen molar-refractivity contribution in [3.8, 4) is 0 Å². The second kappa shape index (κ2) is 5.10. The molecule has 2 aromatic rings. The molecule has 0 amide bonds. The highest BCUT2D eigenvalue weighted by molar-refractivity contribution is 5.14.